The lowest BCUT2D eigenvalue weighted by molar-refractivity contribution is 0.0490. The van der Waals surface area contributed by atoms with Crippen molar-refractivity contribution in [1.29, 1.82) is 0 Å². The van der Waals surface area contributed by atoms with E-state index in [4.69, 9.17) is 4.74 Å². The molecule has 0 aromatic rings. The van der Waals surface area contributed by atoms with E-state index >= 15 is 0 Å². The molecular weight excluding hydrogens is 198 g/mol. The van der Waals surface area contributed by atoms with E-state index in [0.717, 1.165) is 0 Å². The van der Waals surface area contributed by atoms with Crippen molar-refractivity contribution in [2.24, 2.45) is 0 Å². The van der Waals surface area contributed by atoms with Gasteiger partial charge in [0.15, 0.2) is 0 Å². The van der Waals surface area contributed by atoms with Crippen LogP contribution < -0.4 is 5.32 Å². The van der Waals surface area contributed by atoms with Crippen LogP contribution in [-0.4, -0.2) is 26.8 Å². The highest BCUT2D eigenvalue weighted by atomic mass is 32.2. The van der Waals surface area contributed by atoms with Crippen LogP contribution in [0.25, 0.3) is 0 Å². The first kappa shape index (κ1) is 12.2. The fourth-order valence-corrected chi connectivity index (χ4v) is 0.628. The van der Waals surface area contributed by atoms with Gasteiger partial charge in [-0.2, -0.15) is 0 Å². The average molecular weight is 211 g/mol. The fraction of sp³-hybridized carbons (Fsp3) is 0.833. The number of alkyl carbamates (subject to hydrolysis) is 1. The molecule has 0 saturated heterocycles. The van der Waals surface area contributed by atoms with Gasteiger partial charge in [0.25, 0.3) is 11.0 Å². The monoisotopic (exact) mass is 211 g/mol. The first-order chi connectivity index (χ1) is 5.81. The Labute approximate surface area is 78.4 Å². The van der Waals surface area contributed by atoms with E-state index in [1.54, 1.807) is 20.8 Å². The summed E-state index contributed by atoms with van der Waals surface area (Å²) >= 11 is 0. The molecule has 0 saturated carbocycles. The van der Waals surface area contributed by atoms with Gasteiger partial charge in [0.1, 0.15) is 12.3 Å². The number of nitrogens with one attached hydrogen (secondary N) is 1. The zero-order chi connectivity index (χ0) is 10.5. The summed E-state index contributed by atoms with van der Waals surface area (Å²) in [5.41, 5.74) is -0.607. The summed E-state index contributed by atoms with van der Waals surface area (Å²) in [6, 6.07) is 0. The molecule has 0 spiro atoms. The second-order valence-electron chi connectivity index (χ2n) is 3.18. The molecule has 78 valence electrons. The van der Waals surface area contributed by atoms with Gasteiger partial charge in [-0.15, -0.1) is 0 Å². The first-order valence-corrected chi connectivity index (χ1v) is 4.65. The van der Waals surface area contributed by atoms with Crippen LogP contribution in [0.15, 0.2) is 0 Å². The van der Waals surface area contributed by atoms with Crippen LogP contribution >= 0.6 is 0 Å². The molecule has 0 aliphatic heterocycles. The molecule has 0 aromatic heterocycles. The molecular formula is C6H13NO5S. The van der Waals surface area contributed by atoms with Crippen molar-refractivity contribution < 1.29 is 22.1 Å². The third-order valence-corrected chi connectivity index (χ3v) is 1.13. The SMILES string of the molecule is CC(C)(C)OC(=O)NCO[SH](=O)=O. The van der Waals surface area contributed by atoms with Crippen LogP contribution in [0.3, 0.4) is 0 Å². The van der Waals surface area contributed by atoms with Crippen molar-refractivity contribution in [2.75, 3.05) is 6.73 Å². The maximum Gasteiger partial charge on any atom is 0.409 e. The lowest BCUT2D eigenvalue weighted by atomic mass is 10.2. The average Bonchev–Trinajstić information content (AvgIpc) is 1.81. The molecule has 0 atom stereocenters. The summed E-state index contributed by atoms with van der Waals surface area (Å²) in [6.45, 7) is 4.68. The Hall–Kier alpha value is -0.820. The minimum Gasteiger partial charge on any atom is -0.444 e. The van der Waals surface area contributed by atoms with Crippen LogP contribution in [0.2, 0.25) is 0 Å². The van der Waals surface area contributed by atoms with Crippen LogP contribution in [0.5, 0.6) is 0 Å². The number of amides is 1. The predicted molar refractivity (Wildman–Crippen MR) is 45.6 cm³/mol. The molecule has 0 aromatic carbocycles. The van der Waals surface area contributed by atoms with Gasteiger partial charge in [-0.3, -0.25) is 9.50 Å². The molecule has 6 nitrogen and oxygen atoms in total. The molecule has 0 aliphatic carbocycles. The molecule has 7 heteroatoms. The van der Waals surface area contributed by atoms with Crippen molar-refractivity contribution in [3.05, 3.63) is 0 Å². The summed E-state index contributed by atoms with van der Waals surface area (Å²) in [6.07, 6.45) is -0.718. The predicted octanol–water partition coefficient (Wildman–Crippen LogP) is 0.0116. The molecule has 13 heavy (non-hydrogen) atoms. The maximum atomic E-state index is 10.8. The van der Waals surface area contributed by atoms with Crippen LogP contribution in [-0.2, 0) is 19.9 Å². The van der Waals surface area contributed by atoms with Crippen LogP contribution in [0.1, 0.15) is 20.8 Å². The number of carbonyl (C=O) groups is 1. The number of ether oxygens (including phenoxy) is 1. The largest absolute Gasteiger partial charge is 0.444 e. The third kappa shape index (κ3) is 9.09. The summed E-state index contributed by atoms with van der Waals surface area (Å²) < 4.78 is 28.6. The number of carbonyl (C=O) groups excluding carboxylic acids is 1. The smallest absolute Gasteiger partial charge is 0.409 e. The van der Waals surface area contributed by atoms with Gasteiger partial charge in [-0.25, -0.2) is 13.2 Å². The zero-order valence-electron chi connectivity index (χ0n) is 7.70. The highest BCUT2D eigenvalue weighted by Crippen LogP contribution is 2.05. The van der Waals surface area contributed by atoms with Crippen molar-refractivity contribution in [1.82, 2.24) is 5.32 Å². The van der Waals surface area contributed by atoms with E-state index in [0.29, 0.717) is 0 Å². The van der Waals surface area contributed by atoms with Crippen molar-refractivity contribution in [3.8, 4) is 0 Å². The van der Waals surface area contributed by atoms with Crippen LogP contribution in [0, 0.1) is 0 Å². The zero-order valence-corrected chi connectivity index (χ0v) is 8.59. The molecule has 0 fully saturated rings. The van der Waals surface area contributed by atoms with Gasteiger partial charge < -0.3 is 4.74 Å². The summed E-state index contributed by atoms with van der Waals surface area (Å²) in [5.74, 6) is 0. The summed E-state index contributed by atoms with van der Waals surface area (Å²) in [5, 5.41) is 2.10. The quantitative estimate of drug-likeness (QED) is 0.507. The van der Waals surface area contributed by atoms with Gasteiger partial charge in [-0.05, 0) is 20.8 Å². The molecule has 1 N–H and O–H groups in total. The number of hydrogen-bond donors (Lipinski definition) is 2. The molecule has 1 amide bonds. The van der Waals surface area contributed by atoms with Crippen molar-refractivity contribution in [2.45, 2.75) is 26.4 Å². The Bertz CT molecular complexity index is 234. The number of rotatable bonds is 3. The Morgan fingerprint density at radius 1 is 1.38 bits per heavy atom. The normalized spacial score (nSPS) is 11.4. The van der Waals surface area contributed by atoms with E-state index < -0.39 is 29.4 Å². The highest BCUT2D eigenvalue weighted by Gasteiger charge is 2.15. The first-order valence-electron chi connectivity index (χ1n) is 3.55. The Kier molecular flexibility index (Phi) is 4.71. The fourth-order valence-electron chi connectivity index (χ4n) is 0.458. The molecule has 0 heterocycles. The Balaban J connectivity index is 3.64. The Morgan fingerprint density at radius 2 is 1.92 bits per heavy atom. The molecule has 0 rings (SSSR count). The van der Waals surface area contributed by atoms with Gasteiger partial charge in [0.05, 0.1) is 0 Å². The molecule has 0 unspecified atom stereocenters. The topological polar surface area (TPSA) is 81.7 Å². The van der Waals surface area contributed by atoms with E-state index in [9.17, 15) is 13.2 Å². The molecule has 0 bridgehead atoms. The van der Waals surface area contributed by atoms with Gasteiger partial charge in [0.2, 0.25) is 0 Å². The lowest BCUT2D eigenvalue weighted by Gasteiger charge is -2.19. The lowest BCUT2D eigenvalue weighted by Crippen LogP contribution is -2.33. The van der Waals surface area contributed by atoms with Gasteiger partial charge >= 0.3 is 6.09 Å². The summed E-state index contributed by atoms with van der Waals surface area (Å²) in [7, 11) is -2.93. The summed E-state index contributed by atoms with van der Waals surface area (Å²) in [4.78, 5) is 10.8. The van der Waals surface area contributed by atoms with E-state index in [1.807, 2.05) is 0 Å². The molecule has 0 aliphatic rings. The highest BCUT2D eigenvalue weighted by molar-refractivity contribution is 7.67. The standard InChI is InChI=1S/C6H13NO5S/c1-6(2,3)12-5(8)7-4-11-13(9)10/h13H,4H2,1-3H3,(H,7,8). The van der Waals surface area contributed by atoms with Gasteiger partial charge in [-0.1, -0.05) is 0 Å². The molecule has 0 radical (unpaired) electrons. The Morgan fingerprint density at radius 3 is 2.31 bits per heavy atom. The van der Waals surface area contributed by atoms with E-state index in [-0.39, 0.29) is 0 Å². The minimum absolute atomic E-state index is 0.409. The van der Waals surface area contributed by atoms with Crippen molar-refractivity contribution in [3.63, 3.8) is 0 Å². The number of hydrogen-bond acceptors (Lipinski definition) is 5. The van der Waals surface area contributed by atoms with E-state index in [1.165, 1.54) is 0 Å². The third-order valence-electron chi connectivity index (χ3n) is 0.785. The minimum atomic E-state index is -2.93. The van der Waals surface area contributed by atoms with Crippen LogP contribution in [0.4, 0.5) is 4.79 Å². The second-order valence-corrected chi connectivity index (χ2v) is 3.88. The maximum absolute atomic E-state index is 10.8. The van der Waals surface area contributed by atoms with E-state index in [2.05, 4.69) is 9.50 Å². The number of thiol groups is 1. The second kappa shape index (κ2) is 5.03. The van der Waals surface area contributed by atoms with Crippen molar-refractivity contribution >= 4 is 17.1 Å². The van der Waals surface area contributed by atoms with Gasteiger partial charge in [0, 0.05) is 0 Å².